The summed E-state index contributed by atoms with van der Waals surface area (Å²) in [6.07, 6.45) is 0. The minimum atomic E-state index is 0.618. The predicted octanol–water partition coefficient (Wildman–Crippen LogP) is 15.8. The second-order valence-corrected chi connectivity index (χ2v) is 16.3. The molecule has 0 saturated heterocycles. The van der Waals surface area contributed by atoms with Crippen LogP contribution in [0.3, 0.4) is 0 Å². The fraction of sp³-hybridized carbons (Fsp3) is 0. The fourth-order valence-electron chi connectivity index (χ4n) is 9.40. The smallest absolute Gasteiger partial charge is 0.164 e. The van der Waals surface area contributed by atoms with Crippen LogP contribution in [-0.2, 0) is 0 Å². The molecular weight excluding hydrogens is 789 g/mol. The summed E-state index contributed by atoms with van der Waals surface area (Å²) < 4.78 is 2.43. The zero-order chi connectivity index (χ0) is 43.1. The van der Waals surface area contributed by atoms with E-state index in [2.05, 4.69) is 235 Å². The van der Waals surface area contributed by atoms with Crippen LogP contribution < -0.4 is 0 Å². The number of aromatic nitrogens is 4. The van der Waals surface area contributed by atoms with Gasteiger partial charge in [-0.05, 0) is 80.0 Å². The summed E-state index contributed by atoms with van der Waals surface area (Å²) in [5, 5.41) is 4.63. The second-order valence-electron chi connectivity index (χ2n) is 16.3. The fourth-order valence-corrected chi connectivity index (χ4v) is 9.40. The quantitative estimate of drug-likeness (QED) is 0.153. The van der Waals surface area contributed by atoms with Gasteiger partial charge in [0, 0.05) is 33.0 Å². The lowest BCUT2D eigenvalue weighted by atomic mass is 9.93. The van der Waals surface area contributed by atoms with Crippen molar-refractivity contribution in [2.24, 2.45) is 0 Å². The van der Waals surface area contributed by atoms with Gasteiger partial charge in [-0.25, -0.2) is 15.0 Å². The molecule has 304 valence electrons. The van der Waals surface area contributed by atoms with Gasteiger partial charge in [0.1, 0.15) is 0 Å². The Morgan fingerprint density at radius 1 is 0.231 bits per heavy atom. The van der Waals surface area contributed by atoms with Crippen LogP contribution >= 0.6 is 0 Å². The molecule has 4 heteroatoms. The summed E-state index contributed by atoms with van der Waals surface area (Å²) in [5.41, 5.74) is 15.4. The third kappa shape index (κ3) is 6.85. The maximum absolute atomic E-state index is 5.33. The Bertz CT molecular complexity index is 3690. The first-order chi connectivity index (χ1) is 32.2. The summed E-state index contributed by atoms with van der Waals surface area (Å²) in [7, 11) is 0. The van der Waals surface area contributed by atoms with Gasteiger partial charge in [-0.2, -0.15) is 0 Å². The van der Waals surface area contributed by atoms with Gasteiger partial charge in [-0.1, -0.05) is 212 Å². The number of fused-ring (bicyclic) bond motifs is 4. The van der Waals surface area contributed by atoms with Gasteiger partial charge in [-0.15, -0.1) is 0 Å². The zero-order valence-corrected chi connectivity index (χ0v) is 35.4. The minimum absolute atomic E-state index is 0.618. The van der Waals surface area contributed by atoms with Crippen molar-refractivity contribution in [1.29, 1.82) is 0 Å². The molecule has 0 saturated carbocycles. The molecule has 0 fully saturated rings. The maximum atomic E-state index is 5.33. The molecule has 0 atom stereocenters. The van der Waals surface area contributed by atoms with Crippen LogP contribution in [0, 0.1) is 0 Å². The monoisotopic (exact) mass is 828 g/mol. The molecule has 65 heavy (non-hydrogen) atoms. The Morgan fingerprint density at radius 2 is 0.677 bits per heavy atom. The van der Waals surface area contributed by atoms with Crippen molar-refractivity contribution >= 4 is 32.6 Å². The van der Waals surface area contributed by atoms with Crippen LogP contribution in [0.15, 0.2) is 243 Å². The van der Waals surface area contributed by atoms with Crippen molar-refractivity contribution < 1.29 is 0 Å². The average molecular weight is 829 g/mol. The molecule has 0 aliphatic heterocycles. The van der Waals surface area contributed by atoms with Crippen LogP contribution in [0.2, 0.25) is 0 Å². The number of nitrogens with zero attached hydrogens (tertiary/aromatic N) is 4. The molecule has 10 aromatic carbocycles. The average Bonchev–Trinajstić information content (AvgIpc) is 3.72. The van der Waals surface area contributed by atoms with Gasteiger partial charge in [0.15, 0.2) is 17.5 Å². The van der Waals surface area contributed by atoms with Gasteiger partial charge < -0.3 is 4.57 Å². The lowest BCUT2D eigenvalue weighted by molar-refractivity contribution is 1.08. The topological polar surface area (TPSA) is 43.6 Å². The summed E-state index contributed by atoms with van der Waals surface area (Å²) in [4.78, 5) is 15.8. The van der Waals surface area contributed by atoms with E-state index in [9.17, 15) is 0 Å². The van der Waals surface area contributed by atoms with Crippen LogP contribution in [0.1, 0.15) is 0 Å². The summed E-state index contributed by atoms with van der Waals surface area (Å²) in [6.45, 7) is 0. The molecule has 0 bridgehead atoms. The number of hydrogen-bond acceptors (Lipinski definition) is 3. The van der Waals surface area contributed by atoms with Gasteiger partial charge >= 0.3 is 0 Å². The molecule has 0 spiro atoms. The predicted molar refractivity (Wildman–Crippen MR) is 270 cm³/mol. The molecule has 0 radical (unpaired) electrons. The highest BCUT2D eigenvalue weighted by Gasteiger charge is 2.21. The van der Waals surface area contributed by atoms with Crippen LogP contribution in [0.25, 0.3) is 117 Å². The SMILES string of the molecule is c1ccc(-c2ccc(-c3nc(-c4ccccc4-c4ccccc4)nc(-c4ccc(-c5ccccc5-n5c6ccccc6c6cc(-c7ccccc7)ccc65)c5ccccc45)n3)cc2)cc1. The van der Waals surface area contributed by atoms with E-state index in [0.717, 1.165) is 72.0 Å². The highest BCUT2D eigenvalue weighted by Crippen LogP contribution is 2.42. The highest BCUT2D eigenvalue weighted by molar-refractivity contribution is 6.12. The first-order valence-electron chi connectivity index (χ1n) is 22.0. The molecule has 12 rings (SSSR count). The van der Waals surface area contributed by atoms with E-state index in [0.29, 0.717) is 17.5 Å². The van der Waals surface area contributed by atoms with Crippen molar-refractivity contribution in [3.05, 3.63) is 243 Å². The molecule has 0 N–H and O–H groups in total. The van der Waals surface area contributed by atoms with Crippen molar-refractivity contribution in [3.63, 3.8) is 0 Å². The Morgan fingerprint density at radius 3 is 1.38 bits per heavy atom. The molecule has 0 aliphatic rings. The van der Waals surface area contributed by atoms with Gasteiger partial charge in [0.2, 0.25) is 0 Å². The summed E-state index contributed by atoms with van der Waals surface area (Å²) in [5.74, 6) is 1.86. The van der Waals surface area contributed by atoms with Crippen LogP contribution in [0.4, 0.5) is 0 Å². The van der Waals surface area contributed by atoms with Gasteiger partial charge in [0.05, 0.1) is 16.7 Å². The van der Waals surface area contributed by atoms with E-state index in [4.69, 9.17) is 15.0 Å². The number of para-hydroxylation sites is 2. The summed E-state index contributed by atoms with van der Waals surface area (Å²) >= 11 is 0. The summed E-state index contributed by atoms with van der Waals surface area (Å²) in [6, 6.07) is 85.9. The van der Waals surface area contributed by atoms with Gasteiger partial charge in [-0.3, -0.25) is 0 Å². The van der Waals surface area contributed by atoms with Crippen LogP contribution in [-0.4, -0.2) is 19.5 Å². The maximum Gasteiger partial charge on any atom is 0.164 e. The molecule has 2 aromatic heterocycles. The molecule has 4 nitrogen and oxygen atoms in total. The number of rotatable bonds is 8. The van der Waals surface area contributed by atoms with Crippen molar-refractivity contribution in [2.75, 3.05) is 0 Å². The second kappa shape index (κ2) is 16.2. The highest BCUT2D eigenvalue weighted by atomic mass is 15.0. The lowest BCUT2D eigenvalue weighted by Gasteiger charge is -2.17. The van der Waals surface area contributed by atoms with E-state index in [-0.39, 0.29) is 0 Å². The zero-order valence-electron chi connectivity index (χ0n) is 35.4. The van der Waals surface area contributed by atoms with Crippen molar-refractivity contribution in [1.82, 2.24) is 19.5 Å². The van der Waals surface area contributed by atoms with E-state index < -0.39 is 0 Å². The standard InChI is InChI=1S/C61H40N4/c1-4-18-41(19-5-1)43-32-34-45(35-33-43)59-62-60(53-29-13-10-24-47(53)44-22-8-3-9-23-44)64-61(63-59)54-38-37-50(48-25-11-12-26-49(48)54)51-27-14-16-30-56(51)65-57-31-17-15-28-52(57)55-40-46(36-39-58(55)65)42-20-6-2-7-21-42/h1-40H. The van der Waals surface area contributed by atoms with Crippen molar-refractivity contribution in [3.8, 4) is 84.4 Å². The molecule has 12 aromatic rings. The normalized spacial score (nSPS) is 11.4. The molecule has 0 unspecified atom stereocenters. The number of benzene rings is 10. The van der Waals surface area contributed by atoms with E-state index >= 15 is 0 Å². The van der Waals surface area contributed by atoms with Gasteiger partial charge in [0.25, 0.3) is 0 Å². The largest absolute Gasteiger partial charge is 0.309 e. The van der Waals surface area contributed by atoms with E-state index in [1.165, 1.54) is 27.4 Å². The molecule has 0 aliphatic carbocycles. The van der Waals surface area contributed by atoms with E-state index in [1.807, 2.05) is 12.1 Å². The molecular formula is C61H40N4. The Hall–Kier alpha value is -8.73. The van der Waals surface area contributed by atoms with E-state index in [1.54, 1.807) is 0 Å². The lowest BCUT2D eigenvalue weighted by Crippen LogP contribution is -2.02. The first-order valence-corrected chi connectivity index (χ1v) is 22.0. The Kier molecular flexibility index (Phi) is 9.46. The molecule has 2 heterocycles. The minimum Gasteiger partial charge on any atom is -0.309 e. The molecule has 0 amide bonds. The van der Waals surface area contributed by atoms with Crippen LogP contribution in [0.5, 0.6) is 0 Å². The van der Waals surface area contributed by atoms with Crippen molar-refractivity contribution in [2.45, 2.75) is 0 Å². The third-order valence-electron chi connectivity index (χ3n) is 12.5. The number of hydrogen-bond donors (Lipinski definition) is 0. The Balaban J connectivity index is 1.03. The Labute approximate surface area is 377 Å². The third-order valence-corrected chi connectivity index (χ3v) is 12.5. The first kappa shape index (κ1) is 38.0.